The molecule has 1 heterocycles. The van der Waals surface area contributed by atoms with Crippen LogP contribution in [0.4, 0.5) is 0 Å². The molecule has 4 nitrogen and oxygen atoms in total. The molecular formula is C22H19NO3. The van der Waals surface area contributed by atoms with Gasteiger partial charge < -0.3 is 9.47 Å². The third-order valence-electron chi connectivity index (χ3n) is 3.64. The van der Waals surface area contributed by atoms with Gasteiger partial charge in [-0.05, 0) is 35.9 Å². The SMILES string of the molecule is O=C(OCC=Cc1cccnc1OCc1ccccc1)c1ccccc1. The predicted molar refractivity (Wildman–Crippen MR) is 101 cm³/mol. The number of carbonyl (C=O) groups excluding carboxylic acids is 1. The van der Waals surface area contributed by atoms with Gasteiger partial charge in [-0.15, -0.1) is 0 Å². The van der Waals surface area contributed by atoms with Crippen molar-refractivity contribution >= 4 is 12.0 Å². The zero-order chi connectivity index (χ0) is 18.0. The lowest BCUT2D eigenvalue weighted by atomic mass is 10.2. The van der Waals surface area contributed by atoms with Gasteiger partial charge in [0.25, 0.3) is 0 Å². The van der Waals surface area contributed by atoms with Gasteiger partial charge in [-0.3, -0.25) is 0 Å². The number of nitrogens with zero attached hydrogens (tertiary/aromatic N) is 1. The van der Waals surface area contributed by atoms with Crippen molar-refractivity contribution in [3.05, 3.63) is 102 Å². The van der Waals surface area contributed by atoms with E-state index in [1.807, 2.05) is 54.6 Å². The van der Waals surface area contributed by atoms with Crippen molar-refractivity contribution in [3.8, 4) is 5.88 Å². The molecule has 0 fully saturated rings. The van der Waals surface area contributed by atoms with Crippen LogP contribution in [0.3, 0.4) is 0 Å². The van der Waals surface area contributed by atoms with Crippen LogP contribution in [0.2, 0.25) is 0 Å². The number of hydrogen-bond donors (Lipinski definition) is 0. The molecule has 0 saturated heterocycles. The first-order valence-electron chi connectivity index (χ1n) is 8.33. The molecule has 0 saturated carbocycles. The van der Waals surface area contributed by atoms with Crippen molar-refractivity contribution < 1.29 is 14.3 Å². The summed E-state index contributed by atoms with van der Waals surface area (Å²) in [7, 11) is 0. The molecule has 2 aromatic carbocycles. The Hall–Kier alpha value is -3.40. The Morgan fingerprint density at radius 1 is 0.923 bits per heavy atom. The monoisotopic (exact) mass is 345 g/mol. The highest BCUT2D eigenvalue weighted by atomic mass is 16.5. The number of rotatable bonds is 7. The summed E-state index contributed by atoms with van der Waals surface area (Å²) in [6.45, 7) is 0.627. The lowest BCUT2D eigenvalue weighted by molar-refractivity contribution is 0.0550. The average molecular weight is 345 g/mol. The molecule has 130 valence electrons. The van der Waals surface area contributed by atoms with Crippen LogP contribution in [0, 0.1) is 0 Å². The molecule has 0 amide bonds. The van der Waals surface area contributed by atoms with Crippen LogP contribution >= 0.6 is 0 Å². The van der Waals surface area contributed by atoms with Crippen LogP contribution in [0.5, 0.6) is 5.88 Å². The second-order valence-corrected chi connectivity index (χ2v) is 5.54. The number of carbonyl (C=O) groups is 1. The fourth-order valence-corrected chi connectivity index (χ4v) is 2.33. The largest absolute Gasteiger partial charge is 0.472 e. The Balaban J connectivity index is 1.56. The highest BCUT2D eigenvalue weighted by Crippen LogP contribution is 2.17. The zero-order valence-corrected chi connectivity index (χ0v) is 14.2. The molecular weight excluding hydrogens is 326 g/mol. The van der Waals surface area contributed by atoms with Crippen LogP contribution in [0.15, 0.2) is 85.1 Å². The first-order valence-corrected chi connectivity index (χ1v) is 8.33. The van der Waals surface area contributed by atoms with Gasteiger partial charge in [-0.2, -0.15) is 0 Å². The Bertz CT molecular complexity index is 861. The molecule has 0 aliphatic heterocycles. The van der Waals surface area contributed by atoms with E-state index >= 15 is 0 Å². The smallest absolute Gasteiger partial charge is 0.338 e. The van der Waals surface area contributed by atoms with E-state index in [-0.39, 0.29) is 12.6 Å². The van der Waals surface area contributed by atoms with E-state index in [9.17, 15) is 4.79 Å². The third kappa shape index (κ3) is 5.05. The third-order valence-corrected chi connectivity index (χ3v) is 3.64. The van der Waals surface area contributed by atoms with Crippen molar-refractivity contribution in [2.24, 2.45) is 0 Å². The maximum absolute atomic E-state index is 11.9. The molecule has 0 N–H and O–H groups in total. The summed E-state index contributed by atoms with van der Waals surface area (Å²) in [5.74, 6) is 0.198. The Labute approximate surface area is 152 Å². The van der Waals surface area contributed by atoms with E-state index < -0.39 is 0 Å². The number of esters is 1. The van der Waals surface area contributed by atoms with E-state index in [1.54, 1.807) is 36.5 Å². The van der Waals surface area contributed by atoms with E-state index in [1.165, 1.54) is 0 Å². The molecule has 0 aliphatic carbocycles. The van der Waals surface area contributed by atoms with Crippen LogP contribution in [0.1, 0.15) is 21.5 Å². The molecule has 4 heteroatoms. The Morgan fingerprint density at radius 3 is 2.42 bits per heavy atom. The Morgan fingerprint density at radius 2 is 1.65 bits per heavy atom. The van der Waals surface area contributed by atoms with Crippen molar-refractivity contribution in [1.82, 2.24) is 4.98 Å². The van der Waals surface area contributed by atoms with Crippen molar-refractivity contribution in [1.29, 1.82) is 0 Å². The minimum atomic E-state index is -0.345. The summed E-state index contributed by atoms with van der Waals surface area (Å²) in [4.78, 5) is 16.2. The van der Waals surface area contributed by atoms with Gasteiger partial charge in [0, 0.05) is 11.8 Å². The molecule has 0 aliphatic rings. The molecule has 26 heavy (non-hydrogen) atoms. The molecule has 0 radical (unpaired) electrons. The summed E-state index contributed by atoms with van der Waals surface area (Å²) in [6, 6.07) is 22.6. The second kappa shape index (κ2) is 9.18. The normalized spacial score (nSPS) is 10.6. The number of ether oxygens (including phenoxy) is 2. The molecule has 0 spiro atoms. The second-order valence-electron chi connectivity index (χ2n) is 5.54. The van der Waals surface area contributed by atoms with Crippen molar-refractivity contribution in [2.45, 2.75) is 6.61 Å². The van der Waals surface area contributed by atoms with Gasteiger partial charge in [0.15, 0.2) is 0 Å². The molecule has 0 unspecified atom stereocenters. The first-order chi connectivity index (χ1) is 12.8. The molecule has 3 rings (SSSR count). The minimum absolute atomic E-state index is 0.181. The molecule has 1 aromatic heterocycles. The fourth-order valence-electron chi connectivity index (χ4n) is 2.33. The highest BCUT2D eigenvalue weighted by molar-refractivity contribution is 5.89. The average Bonchev–Trinajstić information content (AvgIpc) is 2.71. The van der Waals surface area contributed by atoms with Crippen LogP contribution in [0.25, 0.3) is 6.08 Å². The molecule has 0 atom stereocenters. The topological polar surface area (TPSA) is 48.4 Å². The van der Waals surface area contributed by atoms with Crippen LogP contribution in [-0.2, 0) is 11.3 Å². The van der Waals surface area contributed by atoms with Gasteiger partial charge in [0.1, 0.15) is 13.2 Å². The van der Waals surface area contributed by atoms with Gasteiger partial charge in [-0.25, -0.2) is 9.78 Å². The number of aromatic nitrogens is 1. The van der Waals surface area contributed by atoms with Gasteiger partial charge in [0.05, 0.1) is 5.56 Å². The minimum Gasteiger partial charge on any atom is -0.472 e. The van der Waals surface area contributed by atoms with Crippen molar-refractivity contribution in [2.75, 3.05) is 6.61 Å². The summed E-state index contributed by atoms with van der Waals surface area (Å²) >= 11 is 0. The highest BCUT2D eigenvalue weighted by Gasteiger charge is 2.05. The summed E-state index contributed by atoms with van der Waals surface area (Å²) in [5.41, 5.74) is 2.44. The van der Waals surface area contributed by atoms with Crippen molar-refractivity contribution in [3.63, 3.8) is 0 Å². The lowest BCUT2D eigenvalue weighted by Crippen LogP contribution is -2.04. The van der Waals surface area contributed by atoms with Gasteiger partial charge in [-0.1, -0.05) is 54.6 Å². The van der Waals surface area contributed by atoms with Gasteiger partial charge in [0.2, 0.25) is 5.88 Å². The molecule has 3 aromatic rings. The summed E-state index contributed by atoms with van der Waals surface area (Å²) in [5, 5.41) is 0. The maximum Gasteiger partial charge on any atom is 0.338 e. The summed E-state index contributed by atoms with van der Waals surface area (Å²) < 4.78 is 11.0. The van der Waals surface area contributed by atoms with E-state index in [0.29, 0.717) is 18.1 Å². The van der Waals surface area contributed by atoms with Crippen LogP contribution in [-0.4, -0.2) is 17.6 Å². The number of hydrogen-bond acceptors (Lipinski definition) is 4. The fraction of sp³-hybridized carbons (Fsp3) is 0.0909. The van der Waals surface area contributed by atoms with Crippen LogP contribution < -0.4 is 4.74 Å². The predicted octanol–water partition coefficient (Wildman–Crippen LogP) is 4.53. The lowest BCUT2D eigenvalue weighted by Gasteiger charge is -2.08. The first kappa shape index (κ1) is 17.4. The maximum atomic E-state index is 11.9. The number of pyridine rings is 1. The standard InChI is InChI=1S/C22H19NO3/c24-22(20-11-5-2-6-12-20)25-16-8-14-19-13-7-15-23-21(19)26-17-18-9-3-1-4-10-18/h1-15H,16-17H2. The van der Waals surface area contributed by atoms with Gasteiger partial charge >= 0.3 is 5.97 Å². The number of benzene rings is 2. The Kier molecular flexibility index (Phi) is 6.15. The van der Waals surface area contributed by atoms with E-state index in [4.69, 9.17) is 9.47 Å². The van der Waals surface area contributed by atoms with E-state index in [2.05, 4.69) is 4.98 Å². The van der Waals surface area contributed by atoms with E-state index in [0.717, 1.165) is 11.1 Å². The zero-order valence-electron chi connectivity index (χ0n) is 14.2. The molecule has 0 bridgehead atoms. The quantitative estimate of drug-likeness (QED) is 0.590. The summed E-state index contributed by atoms with van der Waals surface area (Å²) in [6.07, 6.45) is 5.30.